The molecule has 0 bridgehead atoms. The number of hydrogen-bond donors (Lipinski definition) is 5. The van der Waals surface area contributed by atoms with E-state index in [2.05, 4.69) is 27.9 Å². The highest BCUT2D eigenvalue weighted by Crippen LogP contribution is 2.38. The molecule has 5 N–H and O–H groups in total. The summed E-state index contributed by atoms with van der Waals surface area (Å²) in [4.78, 5) is 31.1. The summed E-state index contributed by atoms with van der Waals surface area (Å²) in [7, 11) is 6.40. The summed E-state index contributed by atoms with van der Waals surface area (Å²) in [6.45, 7) is 5.51. The van der Waals surface area contributed by atoms with Crippen molar-refractivity contribution in [2.75, 3.05) is 52.2 Å². The van der Waals surface area contributed by atoms with Gasteiger partial charge in [0.15, 0.2) is 40.0 Å². The van der Waals surface area contributed by atoms with Crippen LogP contribution >= 0.6 is 0 Å². The number of benzene rings is 2. The molecule has 0 saturated heterocycles. The van der Waals surface area contributed by atoms with Crippen LogP contribution in [-0.4, -0.2) is 105 Å². The van der Waals surface area contributed by atoms with E-state index in [-0.39, 0.29) is 24.7 Å². The van der Waals surface area contributed by atoms with E-state index in [4.69, 9.17) is 33.9 Å². The molecule has 5 aromatic rings. The van der Waals surface area contributed by atoms with E-state index < -0.39 is 24.3 Å². The van der Waals surface area contributed by atoms with Crippen molar-refractivity contribution in [1.82, 2.24) is 34.4 Å². The molecular weight excluding hydrogens is 694 g/mol. The number of fused-ring (bicyclic) bond motifs is 1. The molecule has 288 valence electrons. The molecule has 1 fully saturated rings. The Bertz CT molecular complexity index is 2000. The molecule has 1 saturated carbocycles. The Hall–Kier alpha value is -5.61. The molecule has 1 aliphatic rings. The van der Waals surface area contributed by atoms with Crippen molar-refractivity contribution in [3.63, 3.8) is 0 Å². The number of hydrogen-bond acceptors (Lipinski definition) is 13. The maximum atomic E-state index is 12.2. The van der Waals surface area contributed by atoms with Gasteiger partial charge in [0.25, 0.3) is 0 Å². The average molecular weight is 744 g/mol. The first-order valence-corrected chi connectivity index (χ1v) is 18.0. The Morgan fingerprint density at radius 1 is 0.870 bits per heavy atom. The Balaban J connectivity index is 1.37. The van der Waals surface area contributed by atoms with Gasteiger partial charge in [-0.05, 0) is 48.7 Å². The molecule has 16 nitrogen and oxygen atoms in total. The van der Waals surface area contributed by atoms with Gasteiger partial charge in [0.05, 0.1) is 58.9 Å². The summed E-state index contributed by atoms with van der Waals surface area (Å²) in [5, 5.41) is 31.8. The predicted molar refractivity (Wildman–Crippen MR) is 203 cm³/mol. The Labute approximate surface area is 313 Å². The van der Waals surface area contributed by atoms with Crippen LogP contribution in [0.4, 0.5) is 11.8 Å². The molecule has 0 radical (unpaired) electrons. The molecule has 0 spiro atoms. The topological polar surface area (TPSA) is 192 Å². The van der Waals surface area contributed by atoms with Crippen molar-refractivity contribution in [3.05, 3.63) is 72.1 Å². The van der Waals surface area contributed by atoms with E-state index in [0.717, 1.165) is 23.4 Å². The normalized spacial score (nSPS) is 18.2. The Kier molecular flexibility index (Phi) is 12.0. The standard InChI is InChI=1S/C38H49N9O7/c1-7-32(48)43-26-17-27(35(50)34(26)49)47-21-42-33-36(44-38(45-37(33)47)39-14-13-24-19-46(8-2)20-41-24)40-18-25(22-9-11-28(51-3)30(15-22)53-5)23-10-12-29(52-4)31(16-23)54-6/h9-12,15-16,19-21,25-27,34-35,49-50H,7-8,13-14,17-18H2,1-6H3,(H,43,48)(H2,39,40,44,45)/t26-,27+,34+,35-/m0/s1. The minimum Gasteiger partial charge on any atom is -0.493 e. The lowest BCUT2D eigenvalue weighted by Gasteiger charge is -2.22. The first kappa shape index (κ1) is 38.1. The summed E-state index contributed by atoms with van der Waals surface area (Å²) in [5.74, 6) is 2.76. The van der Waals surface area contributed by atoms with Crippen LogP contribution in [0.5, 0.6) is 23.0 Å². The summed E-state index contributed by atoms with van der Waals surface area (Å²) < 4.78 is 26.1. The third kappa shape index (κ3) is 7.99. The van der Waals surface area contributed by atoms with Crippen LogP contribution in [0, 0.1) is 0 Å². The first-order chi connectivity index (χ1) is 26.2. The second kappa shape index (κ2) is 17.0. The third-order valence-electron chi connectivity index (χ3n) is 9.91. The van der Waals surface area contributed by atoms with Gasteiger partial charge in [0.1, 0.15) is 12.2 Å². The van der Waals surface area contributed by atoms with Gasteiger partial charge in [0, 0.05) is 44.6 Å². The maximum Gasteiger partial charge on any atom is 0.226 e. The number of amides is 1. The summed E-state index contributed by atoms with van der Waals surface area (Å²) >= 11 is 0. The van der Waals surface area contributed by atoms with Crippen molar-refractivity contribution in [3.8, 4) is 23.0 Å². The van der Waals surface area contributed by atoms with Crippen LogP contribution in [0.15, 0.2) is 55.2 Å². The lowest BCUT2D eigenvalue weighted by atomic mass is 9.90. The van der Waals surface area contributed by atoms with Crippen molar-refractivity contribution >= 4 is 28.8 Å². The Morgan fingerprint density at radius 3 is 2.13 bits per heavy atom. The third-order valence-corrected chi connectivity index (χ3v) is 9.91. The van der Waals surface area contributed by atoms with Crippen LogP contribution in [0.25, 0.3) is 11.2 Å². The lowest BCUT2D eigenvalue weighted by Crippen LogP contribution is -2.42. The largest absolute Gasteiger partial charge is 0.493 e. The van der Waals surface area contributed by atoms with Gasteiger partial charge in [0.2, 0.25) is 11.9 Å². The number of aliphatic hydroxyl groups is 2. The second-order valence-electron chi connectivity index (χ2n) is 13.1. The number of anilines is 2. The van der Waals surface area contributed by atoms with Crippen LogP contribution in [0.3, 0.4) is 0 Å². The average Bonchev–Trinajstić information content (AvgIpc) is 3.92. The highest BCUT2D eigenvalue weighted by Gasteiger charge is 2.43. The summed E-state index contributed by atoms with van der Waals surface area (Å²) in [6.07, 6.45) is 4.28. The number of aryl methyl sites for hydroxylation is 1. The number of carbonyl (C=O) groups excluding carboxylic acids is 1. The number of imidazole rings is 2. The van der Waals surface area contributed by atoms with Gasteiger partial charge in [-0.1, -0.05) is 19.1 Å². The maximum absolute atomic E-state index is 12.2. The monoisotopic (exact) mass is 743 g/mol. The van der Waals surface area contributed by atoms with E-state index in [1.165, 1.54) is 0 Å². The molecule has 0 aliphatic heterocycles. The number of nitrogens with zero attached hydrogens (tertiary/aromatic N) is 6. The van der Waals surface area contributed by atoms with Gasteiger partial charge in [-0.3, -0.25) is 4.79 Å². The zero-order chi connectivity index (χ0) is 38.4. The number of nitrogens with one attached hydrogen (secondary N) is 3. The molecule has 3 heterocycles. The van der Waals surface area contributed by atoms with Crippen LogP contribution < -0.4 is 34.9 Å². The molecule has 0 unspecified atom stereocenters. The van der Waals surface area contributed by atoms with E-state index in [0.29, 0.717) is 65.4 Å². The van der Waals surface area contributed by atoms with Crippen LogP contribution in [0.1, 0.15) is 55.5 Å². The van der Waals surface area contributed by atoms with Crippen molar-refractivity contribution in [2.45, 2.75) is 69.9 Å². The smallest absolute Gasteiger partial charge is 0.226 e. The first-order valence-electron chi connectivity index (χ1n) is 18.0. The fraction of sp³-hybridized carbons (Fsp3) is 0.447. The molecule has 1 amide bonds. The molecule has 16 heteroatoms. The minimum atomic E-state index is -1.17. The van der Waals surface area contributed by atoms with E-state index in [1.807, 2.05) is 53.5 Å². The molecule has 54 heavy (non-hydrogen) atoms. The summed E-state index contributed by atoms with van der Waals surface area (Å²) in [5.41, 5.74) is 3.75. The quantitative estimate of drug-likeness (QED) is 0.0931. The fourth-order valence-corrected chi connectivity index (χ4v) is 6.87. The SMILES string of the molecule is CCC(=O)N[C@H]1C[C@@H](n2cnc3c(NCC(c4ccc(OC)c(OC)c4)c4ccc(OC)c(OC)c4)nc(NCCc4cn(CC)cn4)nc32)[C@H](O)[C@@H]1O. The Morgan fingerprint density at radius 2 is 1.54 bits per heavy atom. The zero-order valence-electron chi connectivity index (χ0n) is 31.4. The highest BCUT2D eigenvalue weighted by molar-refractivity contribution is 5.84. The van der Waals surface area contributed by atoms with Crippen LogP contribution in [-0.2, 0) is 17.8 Å². The van der Waals surface area contributed by atoms with E-state index in [1.54, 1.807) is 46.3 Å². The van der Waals surface area contributed by atoms with Crippen molar-refractivity contribution < 1.29 is 34.0 Å². The molecule has 1 aliphatic carbocycles. The molecule has 2 aromatic carbocycles. The lowest BCUT2D eigenvalue weighted by molar-refractivity contribution is -0.122. The molecule has 6 rings (SSSR count). The zero-order valence-corrected chi connectivity index (χ0v) is 31.4. The van der Waals surface area contributed by atoms with Gasteiger partial charge in [-0.15, -0.1) is 0 Å². The van der Waals surface area contributed by atoms with Crippen molar-refractivity contribution in [2.24, 2.45) is 0 Å². The van der Waals surface area contributed by atoms with E-state index in [9.17, 15) is 15.0 Å². The van der Waals surface area contributed by atoms with Gasteiger partial charge < -0.3 is 54.2 Å². The van der Waals surface area contributed by atoms with Gasteiger partial charge in [-0.25, -0.2) is 9.97 Å². The molecular formula is C38H49N9O7. The highest BCUT2D eigenvalue weighted by atomic mass is 16.5. The number of rotatable bonds is 17. The molecule has 3 aromatic heterocycles. The van der Waals surface area contributed by atoms with Gasteiger partial charge >= 0.3 is 0 Å². The summed E-state index contributed by atoms with van der Waals surface area (Å²) in [6, 6.07) is 10.4. The number of ether oxygens (including phenoxy) is 4. The predicted octanol–water partition coefficient (Wildman–Crippen LogP) is 3.54. The second-order valence-corrected chi connectivity index (χ2v) is 13.1. The number of aliphatic hydroxyl groups excluding tert-OH is 2. The number of carbonyl (C=O) groups is 1. The van der Waals surface area contributed by atoms with Gasteiger partial charge in [-0.2, -0.15) is 9.97 Å². The fourth-order valence-electron chi connectivity index (χ4n) is 6.87. The van der Waals surface area contributed by atoms with E-state index >= 15 is 0 Å². The van der Waals surface area contributed by atoms with Crippen molar-refractivity contribution in [1.29, 1.82) is 0 Å². The minimum absolute atomic E-state index is 0.204. The number of aromatic nitrogens is 6. The molecule has 4 atom stereocenters. The number of methoxy groups -OCH3 is 4. The van der Waals surface area contributed by atoms with Crippen LogP contribution in [0.2, 0.25) is 0 Å².